The number of hydrogen-bond acceptors (Lipinski definition) is 2. The summed E-state index contributed by atoms with van der Waals surface area (Å²) in [4.78, 5) is 12.2. The van der Waals surface area contributed by atoms with Gasteiger partial charge in [0.2, 0.25) is 5.91 Å². The Bertz CT molecular complexity index is 424. The molecule has 0 aliphatic heterocycles. The zero-order chi connectivity index (χ0) is 13.0. The van der Waals surface area contributed by atoms with Crippen molar-refractivity contribution < 1.29 is 4.79 Å². The minimum Gasteiger partial charge on any atom is -0.352 e. The number of benzene rings is 1. The van der Waals surface area contributed by atoms with Crippen molar-refractivity contribution in [2.24, 2.45) is 5.41 Å². The second-order valence-electron chi connectivity index (χ2n) is 5.34. The first-order valence-electron chi connectivity index (χ1n) is 6.65. The second-order valence-corrected chi connectivity index (χ2v) is 5.34. The summed E-state index contributed by atoms with van der Waals surface area (Å²) in [5.74, 6) is 0.199. The third-order valence-corrected chi connectivity index (χ3v) is 3.84. The first-order valence-corrected chi connectivity index (χ1v) is 6.65. The molecule has 2 N–H and O–H groups in total. The normalized spacial score (nSPS) is 17.0. The molecule has 2 rings (SSSR count). The van der Waals surface area contributed by atoms with Crippen LogP contribution < -0.4 is 10.6 Å². The minimum absolute atomic E-state index is 0.154. The maximum absolute atomic E-state index is 12.2. The third-order valence-electron chi connectivity index (χ3n) is 3.84. The quantitative estimate of drug-likeness (QED) is 0.834. The fourth-order valence-corrected chi connectivity index (χ4v) is 2.62. The van der Waals surface area contributed by atoms with E-state index in [1.54, 1.807) is 0 Å². The molecule has 0 bridgehead atoms. The van der Waals surface area contributed by atoms with Crippen LogP contribution in [0.4, 0.5) is 0 Å². The smallest absolute Gasteiger partial charge is 0.227 e. The molecule has 1 fully saturated rings. The molecule has 1 saturated carbocycles. The van der Waals surface area contributed by atoms with Crippen LogP contribution in [0.5, 0.6) is 0 Å². The highest BCUT2D eigenvalue weighted by Gasteiger charge is 2.43. The highest BCUT2D eigenvalue weighted by molar-refractivity contribution is 5.83. The van der Waals surface area contributed by atoms with Gasteiger partial charge in [-0.05, 0) is 32.4 Å². The van der Waals surface area contributed by atoms with Gasteiger partial charge in [-0.25, -0.2) is 0 Å². The zero-order valence-electron chi connectivity index (χ0n) is 11.3. The van der Waals surface area contributed by atoms with Crippen molar-refractivity contribution >= 4 is 5.91 Å². The first kappa shape index (κ1) is 13.1. The summed E-state index contributed by atoms with van der Waals surface area (Å²) in [7, 11) is 1.91. The van der Waals surface area contributed by atoms with Crippen molar-refractivity contribution in [2.75, 3.05) is 13.6 Å². The van der Waals surface area contributed by atoms with Gasteiger partial charge in [0.1, 0.15) is 0 Å². The fraction of sp³-hybridized carbons (Fsp3) is 0.533. The van der Waals surface area contributed by atoms with Gasteiger partial charge in [0, 0.05) is 13.1 Å². The van der Waals surface area contributed by atoms with Crippen LogP contribution >= 0.6 is 0 Å². The number of aryl methyl sites for hydroxylation is 1. The molecule has 3 heteroatoms. The Hall–Kier alpha value is -1.35. The molecule has 0 unspecified atom stereocenters. The van der Waals surface area contributed by atoms with Crippen LogP contribution in [0.15, 0.2) is 24.3 Å². The van der Waals surface area contributed by atoms with Crippen LogP contribution in [0.3, 0.4) is 0 Å². The molecule has 18 heavy (non-hydrogen) atoms. The molecule has 1 aromatic carbocycles. The van der Waals surface area contributed by atoms with Crippen LogP contribution in [0.25, 0.3) is 0 Å². The molecule has 0 radical (unpaired) electrons. The molecule has 1 aliphatic carbocycles. The van der Waals surface area contributed by atoms with E-state index in [4.69, 9.17) is 0 Å². The van der Waals surface area contributed by atoms with Gasteiger partial charge < -0.3 is 10.6 Å². The monoisotopic (exact) mass is 246 g/mol. The van der Waals surface area contributed by atoms with E-state index in [0.29, 0.717) is 6.54 Å². The van der Waals surface area contributed by atoms with Crippen molar-refractivity contribution in [3.05, 3.63) is 35.4 Å². The van der Waals surface area contributed by atoms with Crippen molar-refractivity contribution in [3.8, 4) is 0 Å². The molecule has 0 spiro atoms. The summed E-state index contributed by atoms with van der Waals surface area (Å²) in [5.41, 5.74) is 2.25. The SMILES string of the molecule is CNCC1(C(=O)NCc2cccc(C)c2)CCC1. The topological polar surface area (TPSA) is 41.1 Å². The van der Waals surface area contributed by atoms with E-state index in [9.17, 15) is 4.79 Å². The molecular formula is C15H22N2O. The van der Waals surface area contributed by atoms with Gasteiger partial charge in [0.05, 0.1) is 5.41 Å². The predicted molar refractivity (Wildman–Crippen MR) is 73.2 cm³/mol. The van der Waals surface area contributed by atoms with Gasteiger partial charge in [-0.3, -0.25) is 4.79 Å². The zero-order valence-corrected chi connectivity index (χ0v) is 11.3. The summed E-state index contributed by atoms with van der Waals surface area (Å²) in [6.45, 7) is 3.48. The van der Waals surface area contributed by atoms with Gasteiger partial charge in [0.25, 0.3) is 0 Å². The van der Waals surface area contributed by atoms with Gasteiger partial charge in [0.15, 0.2) is 0 Å². The number of amides is 1. The number of hydrogen-bond donors (Lipinski definition) is 2. The summed E-state index contributed by atoms with van der Waals surface area (Å²) in [5, 5.41) is 6.21. The maximum Gasteiger partial charge on any atom is 0.227 e. The minimum atomic E-state index is -0.154. The largest absolute Gasteiger partial charge is 0.352 e. The van der Waals surface area contributed by atoms with Gasteiger partial charge in [-0.1, -0.05) is 36.2 Å². The first-order chi connectivity index (χ1) is 8.66. The van der Waals surface area contributed by atoms with Crippen LogP contribution in [0.2, 0.25) is 0 Å². The van der Waals surface area contributed by atoms with Crippen molar-refractivity contribution in [1.29, 1.82) is 0 Å². The summed E-state index contributed by atoms with van der Waals surface area (Å²) in [6, 6.07) is 8.27. The van der Waals surface area contributed by atoms with E-state index >= 15 is 0 Å². The van der Waals surface area contributed by atoms with Gasteiger partial charge >= 0.3 is 0 Å². The van der Waals surface area contributed by atoms with Crippen LogP contribution in [0.1, 0.15) is 30.4 Å². The van der Waals surface area contributed by atoms with E-state index in [2.05, 4.69) is 35.8 Å². The second kappa shape index (κ2) is 5.53. The Kier molecular flexibility index (Phi) is 4.02. The number of nitrogens with one attached hydrogen (secondary N) is 2. The Morgan fingerprint density at radius 2 is 2.17 bits per heavy atom. The highest BCUT2D eigenvalue weighted by atomic mass is 16.2. The molecule has 1 aliphatic rings. The van der Waals surface area contributed by atoms with E-state index in [1.807, 2.05) is 13.1 Å². The lowest BCUT2D eigenvalue weighted by Crippen LogP contribution is -2.50. The van der Waals surface area contributed by atoms with E-state index in [1.165, 1.54) is 17.5 Å². The lowest BCUT2D eigenvalue weighted by molar-refractivity contribution is -0.135. The van der Waals surface area contributed by atoms with E-state index < -0.39 is 0 Å². The van der Waals surface area contributed by atoms with Crippen LogP contribution in [0, 0.1) is 12.3 Å². The molecule has 98 valence electrons. The van der Waals surface area contributed by atoms with Gasteiger partial charge in [-0.2, -0.15) is 0 Å². The van der Waals surface area contributed by atoms with Crippen molar-refractivity contribution in [1.82, 2.24) is 10.6 Å². The fourth-order valence-electron chi connectivity index (χ4n) is 2.62. The molecule has 0 saturated heterocycles. The predicted octanol–water partition coefficient (Wildman–Crippen LogP) is 2.00. The number of carbonyl (C=O) groups is 1. The average Bonchev–Trinajstić information content (AvgIpc) is 2.31. The molecular weight excluding hydrogens is 224 g/mol. The summed E-state index contributed by atoms with van der Waals surface area (Å²) in [6.07, 6.45) is 3.18. The Morgan fingerprint density at radius 1 is 1.39 bits per heavy atom. The maximum atomic E-state index is 12.2. The van der Waals surface area contributed by atoms with Crippen LogP contribution in [-0.2, 0) is 11.3 Å². The standard InChI is InChI=1S/C15H22N2O/c1-12-5-3-6-13(9-12)10-17-14(18)15(11-16-2)7-4-8-15/h3,5-6,9,16H,4,7-8,10-11H2,1-2H3,(H,17,18). The number of rotatable bonds is 5. The van der Waals surface area contributed by atoms with E-state index in [0.717, 1.165) is 19.4 Å². The van der Waals surface area contributed by atoms with Crippen molar-refractivity contribution in [2.45, 2.75) is 32.7 Å². The summed E-state index contributed by atoms with van der Waals surface area (Å²) >= 11 is 0. The molecule has 0 atom stereocenters. The molecule has 1 amide bonds. The van der Waals surface area contributed by atoms with Crippen molar-refractivity contribution in [3.63, 3.8) is 0 Å². The highest BCUT2D eigenvalue weighted by Crippen LogP contribution is 2.40. The lowest BCUT2D eigenvalue weighted by atomic mass is 9.68. The molecule has 0 aromatic heterocycles. The number of carbonyl (C=O) groups excluding carboxylic acids is 1. The molecule has 0 heterocycles. The van der Waals surface area contributed by atoms with E-state index in [-0.39, 0.29) is 11.3 Å². The Balaban J connectivity index is 1.91. The Labute approximate surface area is 109 Å². The molecule has 3 nitrogen and oxygen atoms in total. The van der Waals surface area contributed by atoms with Gasteiger partial charge in [-0.15, -0.1) is 0 Å². The Morgan fingerprint density at radius 3 is 2.72 bits per heavy atom. The third kappa shape index (κ3) is 2.72. The van der Waals surface area contributed by atoms with Crippen LogP contribution in [-0.4, -0.2) is 19.5 Å². The lowest BCUT2D eigenvalue weighted by Gasteiger charge is -2.40. The summed E-state index contributed by atoms with van der Waals surface area (Å²) < 4.78 is 0. The average molecular weight is 246 g/mol. The molecule has 1 aromatic rings.